The molecule has 2 aromatic carbocycles. The van der Waals surface area contributed by atoms with Crippen LogP contribution in [0.5, 0.6) is 0 Å². The highest BCUT2D eigenvalue weighted by Crippen LogP contribution is 2.21. The molecule has 0 heterocycles. The molecule has 3 rings (SSSR count). The van der Waals surface area contributed by atoms with Crippen molar-refractivity contribution in [2.24, 2.45) is 0 Å². The first kappa shape index (κ1) is 14.8. The second-order valence-corrected chi connectivity index (χ2v) is 4.96. The van der Waals surface area contributed by atoms with E-state index < -0.39 is 11.8 Å². The van der Waals surface area contributed by atoms with Gasteiger partial charge in [-0.15, -0.1) is 0 Å². The molecule has 4 nitrogen and oxygen atoms in total. The molecule has 0 aliphatic heterocycles. The predicted molar refractivity (Wildman–Crippen MR) is 79.9 cm³/mol. The van der Waals surface area contributed by atoms with Crippen molar-refractivity contribution >= 4 is 17.5 Å². The first-order valence-corrected chi connectivity index (χ1v) is 6.88. The molecule has 114 valence electrons. The van der Waals surface area contributed by atoms with Crippen LogP contribution in [0.2, 0.25) is 0 Å². The van der Waals surface area contributed by atoms with E-state index in [0.29, 0.717) is 5.56 Å². The smallest absolute Gasteiger partial charge is 0.341 e. The number of fused-ring (bicyclic) bond motifs is 1. The number of hydrogen-bond donors (Lipinski definition) is 0. The number of Topliss-reactive ketones (excluding diaryl/α,β-unsaturated/α-hetero) is 1. The second kappa shape index (κ2) is 5.96. The second-order valence-electron chi connectivity index (χ2n) is 4.96. The van der Waals surface area contributed by atoms with Gasteiger partial charge in [0.15, 0.2) is 11.6 Å². The maximum atomic E-state index is 13.5. The van der Waals surface area contributed by atoms with Crippen LogP contribution in [0.1, 0.15) is 31.1 Å². The topological polar surface area (TPSA) is 60.4 Å². The van der Waals surface area contributed by atoms with E-state index in [4.69, 9.17) is 4.74 Å². The van der Waals surface area contributed by atoms with E-state index in [1.54, 1.807) is 24.3 Å². The minimum absolute atomic E-state index is 0.0680. The lowest BCUT2D eigenvalue weighted by Gasteiger charge is -2.15. The molecular weight excluding hydrogens is 299 g/mol. The molecule has 1 aliphatic rings. The van der Waals surface area contributed by atoms with Crippen molar-refractivity contribution in [2.75, 3.05) is 6.61 Å². The number of carbonyl (C=O) groups is 3. The van der Waals surface area contributed by atoms with Gasteiger partial charge in [-0.1, -0.05) is 36.4 Å². The van der Waals surface area contributed by atoms with Gasteiger partial charge in [0.2, 0.25) is 0 Å². The summed E-state index contributed by atoms with van der Waals surface area (Å²) < 4.78 is 18.5. The SMILES string of the molecule is O=C(OCC1=CC(=O)c2ccccc2C1=O)c1ccccc1F. The maximum Gasteiger partial charge on any atom is 0.341 e. The summed E-state index contributed by atoms with van der Waals surface area (Å²) in [5.41, 5.74) is 0.445. The van der Waals surface area contributed by atoms with Gasteiger partial charge in [-0.3, -0.25) is 9.59 Å². The Balaban J connectivity index is 1.77. The maximum absolute atomic E-state index is 13.5. The summed E-state index contributed by atoms with van der Waals surface area (Å²) in [6, 6.07) is 11.8. The van der Waals surface area contributed by atoms with Crippen LogP contribution in [-0.4, -0.2) is 24.1 Å². The third kappa shape index (κ3) is 2.81. The van der Waals surface area contributed by atoms with E-state index in [0.717, 1.165) is 12.1 Å². The van der Waals surface area contributed by atoms with E-state index in [-0.39, 0.29) is 34.9 Å². The molecular formula is C18H11FO4. The summed E-state index contributed by atoms with van der Waals surface area (Å²) in [6.07, 6.45) is 1.15. The molecule has 1 aliphatic carbocycles. The number of halogens is 1. The third-order valence-electron chi connectivity index (χ3n) is 3.49. The fourth-order valence-electron chi connectivity index (χ4n) is 2.33. The third-order valence-corrected chi connectivity index (χ3v) is 3.49. The minimum atomic E-state index is -0.886. The van der Waals surface area contributed by atoms with E-state index >= 15 is 0 Å². The Kier molecular flexibility index (Phi) is 3.85. The van der Waals surface area contributed by atoms with Crippen molar-refractivity contribution < 1.29 is 23.5 Å². The molecule has 0 bridgehead atoms. The average molecular weight is 310 g/mol. The lowest BCUT2D eigenvalue weighted by molar-refractivity contribution is 0.0529. The van der Waals surface area contributed by atoms with Crippen molar-refractivity contribution in [3.63, 3.8) is 0 Å². The number of benzene rings is 2. The number of allylic oxidation sites excluding steroid dienone is 1. The summed E-state index contributed by atoms with van der Waals surface area (Å²) in [6.45, 7) is -0.383. The summed E-state index contributed by atoms with van der Waals surface area (Å²) >= 11 is 0. The lowest BCUT2D eigenvalue weighted by atomic mass is 9.90. The lowest BCUT2D eigenvalue weighted by Crippen LogP contribution is -2.21. The molecule has 0 fully saturated rings. The van der Waals surface area contributed by atoms with Crippen molar-refractivity contribution in [3.05, 3.63) is 82.7 Å². The fourth-order valence-corrected chi connectivity index (χ4v) is 2.33. The number of esters is 1. The van der Waals surface area contributed by atoms with Gasteiger partial charge in [0.05, 0.1) is 5.56 Å². The summed E-state index contributed by atoms with van der Waals surface area (Å²) in [5.74, 6) is -2.29. The van der Waals surface area contributed by atoms with Crippen LogP contribution in [-0.2, 0) is 4.74 Å². The molecule has 5 heteroatoms. The Labute approximate surface area is 131 Å². The molecule has 0 aromatic heterocycles. The number of rotatable bonds is 3. The zero-order valence-corrected chi connectivity index (χ0v) is 11.9. The van der Waals surface area contributed by atoms with Crippen molar-refractivity contribution in [2.45, 2.75) is 0 Å². The monoisotopic (exact) mass is 310 g/mol. The molecule has 2 aromatic rings. The Bertz CT molecular complexity index is 852. The zero-order chi connectivity index (χ0) is 16.4. The highest BCUT2D eigenvalue weighted by Gasteiger charge is 2.26. The number of carbonyl (C=O) groups excluding carboxylic acids is 3. The summed E-state index contributed by atoms with van der Waals surface area (Å²) in [7, 11) is 0. The van der Waals surface area contributed by atoms with Crippen LogP contribution >= 0.6 is 0 Å². The molecule has 23 heavy (non-hydrogen) atoms. The van der Waals surface area contributed by atoms with Gasteiger partial charge >= 0.3 is 5.97 Å². The molecule has 0 N–H and O–H groups in total. The molecule has 0 atom stereocenters. The number of ketones is 2. The molecule has 0 radical (unpaired) electrons. The predicted octanol–water partition coefficient (Wildman–Crippen LogP) is 2.99. The normalized spacial score (nSPS) is 13.3. The Morgan fingerprint density at radius 3 is 2.35 bits per heavy atom. The Hall–Kier alpha value is -3.08. The van der Waals surface area contributed by atoms with E-state index in [1.165, 1.54) is 18.2 Å². The molecule has 0 amide bonds. The molecule has 0 saturated carbocycles. The van der Waals surface area contributed by atoms with Crippen LogP contribution in [0.4, 0.5) is 4.39 Å². The van der Waals surface area contributed by atoms with Crippen molar-refractivity contribution in [1.29, 1.82) is 0 Å². The van der Waals surface area contributed by atoms with Crippen LogP contribution in [0.25, 0.3) is 0 Å². The summed E-state index contributed by atoms with van der Waals surface area (Å²) in [5, 5.41) is 0. The van der Waals surface area contributed by atoms with Gasteiger partial charge in [-0.05, 0) is 18.2 Å². The van der Waals surface area contributed by atoms with E-state index in [9.17, 15) is 18.8 Å². The van der Waals surface area contributed by atoms with Gasteiger partial charge in [-0.25, -0.2) is 9.18 Å². The van der Waals surface area contributed by atoms with Gasteiger partial charge in [0, 0.05) is 16.7 Å². The first-order chi connectivity index (χ1) is 11.1. The quantitative estimate of drug-likeness (QED) is 0.818. The van der Waals surface area contributed by atoms with E-state index in [1.807, 2.05) is 0 Å². The van der Waals surface area contributed by atoms with Gasteiger partial charge in [0.1, 0.15) is 12.4 Å². The summed E-state index contributed by atoms with van der Waals surface area (Å²) in [4.78, 5) is 36.1. The highest BCUT2D eigenvalue weighted by molar-refractivity contribution is 6.24. The van der Waals surface area contributed by atoms with Gasteiger partial charge < -0.3 is 4.74 Å². The van der Waals surface area contributed by atoms with E-state index in [2.05, 4.69) is 0 Å². The van der Waals surface area contributed by atoms with Crippen molar-refractivity contribution in [3.8, 4) is 0 Å². The van der Waals surface area contributed by atoms with Gasteiger partial charge in [0.25, 0.3) is 0 Å². The Morgan fingerprint density at radius 2 is 1.61 bits per heavy atom. The minimum Gasteiger partial charge on any atom is -0.457 e. The number of ether oxygens (including phenoxy) is 1. The first-order valence-electron chi connectivity index (χ1n) is 6.88. The van der Waals surface area contributed by atoms with Gasteiger partial charge in [-0.2, -0.15) is 0 Å². The standard InChI is InChI=1S/C18H11FO4/c19-15-8-4-3-7-14(15)18(22)23-10-11-9-16(20)12-5-1-2-6-13(12)17(11)21/h1-9H,10H2. The molecule has 0 saturated heterocycles. The molecule has 0 spiro atoms. The van der Waals surface area contributed by atoms with Crippen LogP contribution in [0.3, 0.4) is 0 Å². The van der Waals surface area contributed by atoms with Crippen LogP contribution < -0.4 is 0 Å². The van der Waals surface area contributed by atoms with Crippen LogP contribution in [0.15, 0.2) is 60.2 Å². The number of hydrogen-bond acceptors (Lipinski definition) is 4. The van der Waals surface area contributed by atoms with Crippen molar-refractivity contribution in [1.82, 2.24) is 0 Å². The molecule has 0 unspecified atom stereocenters. The fraction of sp³-hybridized carbons (Fsp3) is 0.0556. The zero-order valence-electron chi connectivity index (χ0n) is 11.9. The largest absolute Gasteiger partial charge is 0.457 e. The Morgan fingerprint density at radius 1 is 0.957 bits per heavy atom. The van der Waals surface area contributed by atoms with Crippen LogP contribution in [0, 0.1) is 5.82 Å². The average Bonchev–Trinajstić information content (AvgIpc) is 2.57. The highest BCUT2D eigenvalue weighted by atomic mass is 19.1.